The van der Waals surface area contributed by atoms with E-state index in [1.807, 2.05) is 0 Å². The van der Waals surface area contributed by atoms with Crippen molar-refractivity contribution in [3.8, 4) is 0 Å². The van der Waals surface area contributed by atoms with Crippen LogP contribution in [0.3, 0.4) is 0 Å². The molecule has 1 aliphatic carbocycles. The van der Waals surface area contributed by atoms with Crippen LogP contribution in [-0.2, 0) is 4.79 Å². The monoisotopic (exact) mass is 170 g/mol. The standard InChI is InChI=1S/C10H18O2/c1-8-3-2-4-9(7-8)5-6-10(11)12/h8-9H,2-7H2,1H3,(H,11,12)/t8-,9-/m0/s1. The van der Waals surface area contributed by atoms with E-state index in [1.54, 1.807) is 0 Å². The first kappa shape index (κ1) is 9.56. The minimum Gasteiger partial charge on any atom is -0.481 e. The predicted molar refractivity (Wildman–Crippen MR) is 48.0 cm³/mol. The van der Waals surface area contributed by atoms with E-state index in [9.17, 15) is 4.79 Å². The Bertz CT molecular complexity index is 154. The maximum atomic E-state index is 10.3. The molecule has 0 radical (unpaired) electrons. The zero-order chi connectivity index (χ0) is 8.97. The molecule has 1 N–H and O–H groups in total. The second-order valence-electron chi connectivity index (χ2n) is 4.07. The van der Waals surface area contributed by atoms with Crippen molar-refractivity contribution in [1.29, 1.82) is 0 Å². The van der Waals surface area contributed by atoms with E-state index in [2.05, 4.69) is 6.92 Å². The molecule has 1 rings (SSSR count). The van der Waals surface area contributed by atoms with Crippen molar-refractivity contribution in [2.45, 2.75) is 45.4 Å². The third-order valence-corrected chi connectivity index (χ3v) is 2.81. The van der Waals surface area contributed by atoms with Crippen LogP contribution in [0.4, 0.5) is 0 Å². The van der Waals surface area contributed by atoms with Gasteiger partial charge in [-0.25, -0.2) is 0 Å². The van der Waals surface area contributed by atoms with Gasteiger partial charge in [-0.15, -0.1) is 0 Å². The summed E-state index contributed by atoms with van der Waals surface area (Å²) in [6.45, 7) is 2.27. The van der Waals surface area contributed by atoms with Gasteiger partial charge in [0.25, 0.3) is 0 Å². The van der Waals surface area contributed by atoms with Gasteiger partial charge in [0.2, 0.25) is 0 Å². The highest BCUT2D eigenvalue weighted by molar-refractivity contribution is 5.66. The third-order valence-electron chi connectivity index (χ3n) is 2.81. The first-order valence-corrected chi connectivity index (χ1v) is 4.90. The Morgan fingerprint density at radius 2 is 2.25 bits per heavy atom. The van der Waals surface area contributed by atoms with Crippen LogP contribution in [0.25, 0.3) is 0 Å². The first-order valence-electron chi connectivity index (χ1n) is 4.90. The minimum absolute atomic E-state index is 0.359. The fraction of sp³-hybridized carbons (Fsp3) is 0.900. The number of aliphatic carboxylic acids is 1. The Morgan fingerprint density at radius 1 is 1.50 bits per heavy atom. The largest absolute Gasteiger partial charge is 0.481 e. The van der Waals surface area contributed by atoms with Gasteiger partial charge in [-0.2, -0.15) is 0 Å². The van der Waals surface area contributed by atoms with Crippen molar-refractivity contribution in [3.05, 3.63) is 0 Å². The molecule has 0 spiro atoms. The van der Waals surface area contributed by atoms with Crippen molar-refractivity contribution in [2.24, 2.45) is 11.8 Å². The third kappa shape index (κ3) is 3.24. The van der Waals surface area contributed by atoms with Crippen LogP contribution in [0.2, 0.25) is 0 Å². The average Bonchev–Trinajstić information content (AvgIpc) is 2.01. The molecule has 12 heavy (non-hydrogen) atoms. The van der Waals surface area contributed by atoms with Crippen LogP contribution in [0, 0.1) is 11.8 Å². The molecule has 0 heterocycles. The molecule has 2 nitrogen and oxygen atoms in total. The summed E-state index contributed by atoms with van der Waals surface area (Å²) in [7, 11) is 0. The van der Waals surface area contributed by atoms with Gasteiger partial charge in [0.05, 0.1) is 0 Å². The van der Waals surface area contributed by atoms with Crippen LogP contribution in [0.5, 0.6) is 0 Å². The number of carboxylic acid groups (broad SMARTS) is 1. The van der Waals surface area contributed by atoms with E-state index in [1.165, 1.54) is 25.7 Å². The van der Waals surface area contributed by atoms with Crippen LogP contribution in [-0.4, -0.2) is 11.1 Å². The number of carboxylic acids is 1. The Balaban J connectivity index is 2.18. The molecule has 70 valence electrons. The SMILES string of the molecule is C[C@H]1CCC[C@@H](CCC(=O)O)C1. The van der Waals surface area contributed by atoms with Gasteiger partial charge < -0.3 is 5.11 Å². The van der Waals surface area contributed by atoms with Gasteiger partial charge >= 0.3 is 5.97 Å². The normalized spacial score (nSPS) is 30.1. The number of carbonyl (C=O) groups is 1. The van der Waals surface area contributed by atoms with E-state index >= 15 is 0 Å². The summed E-state index contributed by atoms with van der Waals surface area (Å²) in [4.78, 5) is 10.3. The van der Waals surface area contributed by atoms with E-state index in [0.717, 1.165) is 12.3 Å². The molecule has 0 aliphatic heterocycles. The zero-order valence-electron chi connectivity index (χ0n) is 7.75. The van der Waals surface area contributed by atoms with Crippen molar-refractivity contribution in [2.75, 3.05) is 0 Å². The topological polar surface area (TPSA) is 37.3 Å². The Hall–Kier alpha value is -0.530. The molecule has 2 heteroatoms. The van der Waals surface area contributed by atoms with Gasteiger partial charge in [0.15, 0.2) is 0 Å². The quantitative estimate of drug-likeness (QED) is 0.707. The van der Waals surface area contributed by atoms with E-state index in [-0.39, 0.29) is 0 Å². The van der Waals surface area contributed by atoms with Crippen LogP contribution in [0.15, 0.2) is 0 Å². The second kappa shape index (κ2) is 4.48. The molecule has 0 aromatic rings. The van der Waals surface area contributed by atoms with E-state index in [0.29, 0.717) is 12.3 Å². The first-order chi connectivity index (χ1) is 5.68. The van der Waals surface area contributed by atoms with Crippen LogP contribution >= 0.6 is 0 Å². The highest BCUT2D eigenvalue weighted by Gasteiger charge is 2.18. The maximum absolute atomic E-state index is 10.3. The lowest BCUT2D eigenvalue weighted by molar-refractivity contribution is -0.137. The summed E-state index contributed by atoms with van der Waals surface area (Å²) in [5.41, 5.74) is 0. The molecule has 0 unspecified atom stereocenters. The average molecular weight is 170 g/mol. The van der Waals surface area contributed by atoms with Crippen molar-refractivity contribution in [3.63, 3.8) is 0 Å². The molecule has 0 amide bonds. The van der Waals surface area contributed by atoms with Gasteiger partial charge in [0.1, 0.15) is 0 Å². The summed E-state index contributed by atoms with van der Waals surface area (Å²) in [6, 6.07) is 0. The Morgan fingerprint density at radius 3 is 2.83 bits per heavy atom. The van der Waals surface area contributed by atoms with Crippen molar-refractivity contribution < 1.29 is 9.90 Å². The molecule has 0 saturated heterocycles. The smallest absolute Gasteiger partial charge is 0.303 e. The molecule has 1 saturated carbocycles. The summed E-state index contributed by atoms with van der Waals surface area (Å²) in [6.07, 6.45) is 6.37. The minimum atomic E-state index is -0.645. The van der Waals surface area contributed by atoms with Crippen LogP contribution in [0.1, 0.15) is 45.4 Å². The molecular weight excluding hydrogens is 152 g/mol. The molecule has 0 aromatic heterocycles. The highest BCUT2D eigenvalue weighted by Crippen LogP contribution is 2.31. The molecule has 0 bridgehead atoms. The van der Waals surface area contributed by atoms with Gasteiger partial charge in [0, 0.05) is 6.42 Å². The second-order valence-corrected chi connectivity index (χ2v) is 4.07. The number of hydrogen-bond acceptors (Lipinski definition) is 1. The van der Waals surface area contributed by atoms with Gasteiger partial charge in [-0.05, 0) is 24.7 Å². The molecular formula is C10H18O2. The van der Waals surface area contributed by atoms with Crippen molar-refractivity contribution >= 4 is 5.97 Å². The predicted octanol–water partition coefficient (Wildman–Crippen LogP) is 2.68. The molecule has 1 fully saturated rings. The fourth-order valence-electron chi connectivity index (χ4n) is 2.15. The Labute approximate surface area is 74.0 Å². The number of rotatable bonds is 3. The van der Waals surface area contributed by atoms with Gasteiger partial charge in [-0.1, -0.05) is 26.2 Å². The van der Waals surface area contributed by atoms with E-state index in [4.69, 9.17) is 5.11 Å². The van der Waals surface area contributed by atoms with Crippen LogP contribution < -0.4 is 0 Å². The zero-order valence-corrected chi connectivity index (χ0v) is 7.75. The number of hydrogen-bond donors (Lipinski definition) is 1. The maximum Gasteiger partial charge on any atom is 0.303 e. The molecule has 1 aliphatic rings. The molecule has 2 atom stereocenters. The lowest BCUT2D eigenvalue weighted by atomic mass is 9.80. The summed E-state index contributed by atoms with van der Waals surface area (Å²) >= 11 is 0. The van der Waals surface area contributed by atoms with Gasteiger partial charge in [-0.3, -0.25) is 4.79 Å². The lowest BCUT2D eigenvalue weighted by Crippen LogP contribution is -2.14. The highest BCUT2D eigenvalue weighted by atomic mass is 16.4. The summed E-state index contributed by atoms with van der Waals surface area (Å²) in [5.74, 6) is 0.857. The fourth-order valence-corrected chi connectivity index (χ4v) is 2.15. The Kier molecular flexibility index (Phi) is 3.57. The molecule has 0 aromatic carbocycles. The lowest BCUT2D eigenvalue weighted by Gasteiger charge is -2.25. The summed E-state index contributed by atoms with van der Waals surface area (Å²) < 4.78 is 0. The van der Waals surface area contributed by atoms with E-state index < -0.39 is 5.97 Å². The van der Waals surface area contributed by atoms with Crippen molar-refractivity contribution in [1.82, 2.24) is 0 Å². The summed E-state index contributed by atoms with van der Waals surface area (Å²) in [5, 5.41) is 8.51.